The highest BCUT2D eigenvalue weighted by Gasteiger charge is 2.02. The normalized spacial score (nSPS) is 8.64. The van der Waals surface area contributed by atoms with Gasteiger partial charge in [0.1, 0.15) is 5.75 Å². The van der Waals surface area contributed by atoms with Crippen LogP contribution in [0.4, 0.5) is 0 Å². The Morgan fingerprint density at radius 3 is 2.29 bits per heavy atom. The van der Waals surface area contributed by atoms with Crippen molar-refractivity contribution < 1.29 is 4.74 Å². The Hall–Kier alpha value is -1.24. The van der Waals surface area contributed by atoms with Crippen molar-refractivity contribution in [3.63, 3.8) is 0 Å². The van der Waals surface area contributed by atoms with Gasteiger partial charge in [0.15, 0.2) is 0 Å². The molecule has 0 bridgehead atoms. The first-order chi connectivity index (χ1) is 6.65. The lowest BCUT2D eigenvalue weighted by Crippen LogP contribution is -1.89. The maximum atomic E-state index is 5.20. The monoisotopic (exact) mass is 192 g/mol. The van der Waals surface area contributed by atoms with Gasteiger partial charge in [-0.15, -0.1) is 0 Å². The van der Waals surface area contributed by atoms with Gasteiger partial charge in [-0.1, -0.05) is 32.1 Å². The van der Waals surface area contributed by atoms with Crippen LogP contribution < -0.4 is 4.74 Å². The molecule has 1 nitrogen and oxygen atoms in total. The van der Waals surface area contributed by atoms with Crippen LogP contribution in [0.3, 0.4) is 0 Å². The molecule has 0 atom stereocenters. The number of ether oxygens (including phenoxy) is 1. The van der Waals surface area contributed by atoms with Crippen molar-refractivity contribution in [1.29, 1.82) is 0 Å². The van der Waals surface area contributed by atoms with E-state index < -0.39 is 0 Å². The number of rotatable bonds is 2. The fourth-order valence-corrected chi connectivity index (χ4v) is 1.16. The van der Waals surface area contributed by atoms with Crippen LogP contribution in [0.15, 0.2) is 24.8 Å². The molecule has 14 heavy (non-hydrogen) atoms. The Morgan fingerprint density at radius 2 is 1.86 bits per heavy atom. The Morgan fingerprint density at radius 1 is 1.29 bits per heavy atom. The van der Waals surface area contributed by atoms with Gasteiger partial charge < -0.3 is 4.74 Å². The summed E-state index contributed by atoms with van der Waals surface area (Å²) in [5, 5.41) is 0. The molecule has 0 saturated heterocycles. The van der Waals surface area contributed by atoms with Gasteiger partial charge in [-0.25, -0.2) is 0 Å². The van der Waals surface area contributed by atoms with Gasteiger partial charge >= 0.3 is 0 Å². The number of hydrogen-bond donors (Lipinski definition) is 0. The lowest BCUT2D eigenvalue weighted by molar-refractivity contribution is 0.413. The molecule has 1 heteroatoms. The highest BCUT2D eigenvalue weighted by Crippen LogP contribution is 2.25. The van der Waals surface area contributed by atoms with Crippen LogP contribution >= 0.6 is 0 Å². The summed E-state index contributed by atoms with van der Waals surface area (Å²) in [7, 11) is 1.68. The molecular formula is C13H20O. The number of aryl methyl sites for hydroxylation is 1. The lowest BCUT2D eigenvalue weighted by Gasteiger charge is -2.08. The predicted molar refractivity (Wildman–Crippen MR) is 63.8 cm³/mol. The van der Waals surface area contributed by atoms with E-state index in [9.17, 15) is 0 Å². The molecule has 0 N–H and O–H groups in total. The van der Waals surface area contributed by atoms with Crippen LogP contribution in [-0.2, 0) is 0 Å². The zero-order chi connectivity index (χ0) is 11.1. The Bertz CT molecular complexity index is 300. The first-order valence-corrected chi connectivity index (χ1v) is 4.95. The van der Waals surface area contributed by atoms with Crippen molar-refractivity contribution in [3.8, 4) is 5.75 Å². The van der Waals surface area contributed by atoms with Crippen LogP contribution in [0.25, 0.3) is 5.57 Å². The van der Waals surface area contributed by atoms with Gasteiger partial charge in [0.05, 0.1) is 7.11 Å². The van der Waals surface area contributed by atoms with Gasteiger partial charge in [0.2, 0.25) is 0 Å². The molecule has 0 amide bonds. The number of methoxy groups -OCH3 is 1. The lowest BCUT2D eigenvalue weighted by atomic mass is 10.1. The number of hydrogen-bond acceptors (Lipinski definition) is 1. The largest absolute Gasteiger partial charge is 0.496 e. The third-order valence-electron chi connectivity index (χ3n) is 1.81. The van der Waals surface area contributed by atoms with Crippen LogP contribution in [0.5, 0.6) is 5.75 Å². The van der Waals surface area contributed by atoms with E-state index in [0.717, 1.165) is 16.9 Å². The third-order valence-corrected chi connectivity index (χ3v) is 1.81. The molecule has 0 fully saturated rings. The van der Waals surface area contributed by atoms with E-state index in [1.165, 1.54) is 5.56 Å². The minimum absolute atomic E-state index is 0.896. The smallest absolute Gasteiger partial charge is 0.126 e. The fourth-order valence-electron chi connectivity index (χ4n) is 1.16. The Kier molecular flexibility index (Phi) is 5.70. The molecule has 0 radical (unpaired) electrons. The van der Waals surface area contributed by atoms with E-state index in [4.69, 9.17) is 4.74 Å². The highest BCUT2D eigenvalue weighted by atomic mass is 16.5. The quantitative estimate of drug-likeness (QED) is 0.686. The summed E-state index contributed by atoms with van der Waals surface area (Å²) < 4.78 is 5.20. The zero-order valence-corrected chi connectivity index (χ0v) is 9.85. The molecule has 1 rings (SSSR count). The van der Waals surface area contributed by atoms with Gasteiger partial charge in [-0.2, -0.15) is 0 Å². The molecule has 0 aliphatic rings. The minimum Gasteiger partial charge on any atom is -0.496 e. The molecule has 0 spiro atoms. The minimum atomic E-state index is 0.896. The standard InChI is InChI=1S/C11H14O.C2H6/c1-8(2)10-7-9(3)5-6-11(10)12-4;1-2/h5-7H,1H2,2-4H3;1-2H3. The van der Waals surface area contributed by atoms with E-state index in [0.29, 0.717) is 0 Å². The van der Waals surface area contributed by atoms with E-state index in [-0.39, 0.29) is 0 Å². The van der Waals surface area contributed by atoms with Crippen molar-refractivity contribution in [3.05, 3.63) is 35.9 Å². The average Bonchev–Trinajstić information content (AvgIpc) is 2.20. The molecule has 0 aliphatic heterocycles. The molecule has 0 aliphatic carbocycles. The second-order valence-corrected chi connectivity index (χ2v) is 2.98. The second kappa shape index (κ2) is 6.25. The van der Waals surface area contributed by atoms with Crippen molar-refractivity contribution in [2.75, 3.05) is 7.11 Å². The average molecular weight is 192 g/mol. The third kappa shape index (κ3) is 3.25. The van der Waals surface area contributed by atoms with Crippen LogP contribution in [0.2, 0.25) is 0 Å². The molecular weight excluding hydrogens is 172 g/mol. The molecule has 78 valence electrons. The maximum Gasteiger partial charge on any atom is 0.126 e. The molecule has 1 aromatic carbocycles. The van der Waals surface area contributed by atoms with Gasteiger partial charge in [-0.05, 0) is 31.6 Å². The van der Waals surface area contributed by atoms with E-state index in [2.05, 4.69) is 19.6 Å². The van der Waals surface area contributed by atoms with E-state index in [1.807, 2.05) is 32.9 Å². The summed E-state index contributed by atoms with van der Waals surface area (Å²) in [5.74, 6) is 0.896. The molecule has 0 saturated carbocycles. The number of benzene rings is 1. The summed E-state index contributed by atoms with van der Waals surface area (Å²) in [5.41, 5.74) is 3.36. The Labute approximate surface area is 87.4 Å². The first-order valence-electron chi connectivity index (χ1n) is 4.95. The summed E-state index contributed by atoms with van der Waals surface area (Å²) >= 11 is 0. The summed E-state index contributed by atoms with van der Waals surface area (Å²) in [6.07, 6.45) is 0. The van der Waals surface area contributed by atoms with Crippen LogP contribution in [0, 0.1) is 6.92 Å². The molecule has 0 aromatic heterocycles. The highest BCUT2D eigenvalue weighted by molar-refractivity contribution is 5.67. The van der Waals surface area contributed by atoms with E-state index >= 15 is 0 Å². The second-order valence-electron chi connectivity index (χ2n) is 2.98. The van der Waals surface area contributed by atoms with E-state index in [1.54, 1.807) is 7.11 Å². The summed E-state index contributed by atoms with van der Waals surface area (Å²) in [6, 6.07) is 6.09. The fraction of sp³-hybridized carbons (Fsp3) is 0.385. The van der Waals surface area contributed by atoms with Crippen molar-refractivity contribution in [2.45, 2.75) is 27.7 Å². The zero-order valence-electron chi connectivity index (χ0n) is 9.85. The first kappa shape index (κ1) is 12.8. The summed E-state index contributed by atoms with van der Waals surface area (Å²) in [6.45, 7) is 11.9. The maximum absolute atomic E-state index is 5.20. The Balaban J connectivity index is 0.000000791. The van der Waals surface area contributed by atoms with Crippen molar-refractivity contribution in [2.24, 2.45) is 0 Å². The SMILES string of the molecule is C=C(C)c1cc(C)ccc1OC.CC. The van der Waals surface area contributed by atoms with Gasteiger partial charge in [0.25, 0.3) is 0 Å². The van der Waals surface area contributed by atoms with Gasteiger partial charge in [-0.3, -0.25) is 0 Å². The topological polar surface area (TPSA) is 9.23 Å². The van der Waals surface area contributed by atoms with Crippen molar-refractivity contribution in [1.82, 2.24) is 0 Å². The van der Waals surface area contributed by atoms with Crippen molar-refractivity contribution >= 4 is 5.57 Å². The molecule has 0 heterocycles. The van der Waals surface area contributed by atoms with Gasteiger partial charge in [0, 0.05) is 5.56 Å². The predicted octanol–water partition coefficient (Wildman–Crippen LogP) is 4.06. The molecule has 0 unspecified atom stereocenters. The van der Waals surface area contributed by atoms with Crippen LogP contribution in [-0.4, -0.2) is 7.11 Å². The number of allylic oxidation sites excluding steroid dienone is 1. The molecule has 1 aromatic rings. The summed E-state index contributed by atoms with van der Waals surface area (Å²) in [4.78, 5) is 0. The van der Waals surface area contributed by atoms with Crippen LogP contribution in [0.1, 0.15) is 31.9 Å².